The lowest BCUT2D eigenvalue weighted by molar-refractivity contribution is 0.0633. The predicted octanol–water partition coefficient (Wildman–Crippen LogP) is 2.25. The maximum Gasteiger partial charge on any atom is 0.270 e. The normalized spacial score (nSPS) is 15.2. The van der Waals surface area contributed by atoms with E-state index in [1.807, 2.05) is 11.9 Å². The van der Waals surface area contributed by atoms with Crippen molar-refractivity contribution in [1.29, 1.82) is 0 Å². The molecule has 1 aromatic heterocycles. The number of nitrogens with zero attached hydrogens (tertiary/aromatic N) is 2. The van der Waals surface area contributed by atoms with Crippen LogP contribution in [0, 0.1) is 0 Å². The van der Waals surface area contributed by atoms with Crippen LogP contribution in [0.15, 0.2) is 12.3 Å². The third-order valence-corrected chi connectivity index (χ3v) is 4.11. The summed E-state index contributed by atoms with van der Waals surface area (Å²) >= 11 is 0. The summed E-state index contributed by atoms with van der Waals surface area (Å²) in [5, 5.41) is 3.33. The van der Waals surface area contributed by atoms with Crippen LogP contribution in [0.1, 0.15) is 54.0 Å². The molecule has 124 valence electrons. The van der Waals surface area contributed by atoms with Crippen LogP contribution in [0.4, 0.5) is 0 Å². The van der Waals surface area contributed by atoms with Crippen LogP contribution in [0.3, 0.4) is 0 Å². The highest BCUT2D eigenvalue weighted by atomic mass is 35.5. The molecule has 6 heteroatoms. The molecular formula is C16H26ClN3O2. The van der Waals surface area contributed by atoms with Gasteiger partial charge in [0.25, 0.3) is 5.91 Å². The molecule has 1 aliphatic rings. The summed E-state index contributed by atoms with van der Waals surface area (Å²) in [4.78, 5) is 26.3. The maximum atomic E-state index is 12.9. The van der Waals surface area contributed by atoms with Crippen LogP contribution in [-0.2, 0) is 7.05 Å². The van der Waals surface area contributed by atoms with E-state index in [9.17, 15) is 9.59 Å². The summed E-state index contributed by atoms with van der Waals surface area (Å²) in [5.41, 5.74) is 1.20. The van der Waals surface area contributed by atoms with Gasteiger partial charge in [-0.2, -0.15) is 0 Å². The molecule has 0 atom stereocenters. The molecule has 0 spiro atoms. The molecular weight excluding hydrogens is 302 g/mol. The molecule has 1 aromatic rings. The monoisotopic (exact) mass is 327 g/mol. The largest absolute Gasteiger partial charge is 0.346 e. The van der Waals surface area contributed by atoms with Crippen molar-refractivity contribution in [3.63, 3.8) is 0 Å². The van der Waals surface area contributed by atoms with E-state index in [0.717, 1.165) is 38.9 Å². The lowest BCUT2D eigenvalue weighted by Crippen LogP contribution is -2.46. The molecule has 2 rings (SSSR count). The number of aryl methyl sites for hydroxylation is 1. The summed E-state index contributed by atoms with van der Waals surface area (Å²) in [5.74, 6) is 0.0345. The Balaban J connectivity index is 0.00000242. The lowest BCUT2D eigenvalue weighted by atomic mass is 10.0. The average molecular weight is 328 g/mol. The van der Waals surface area contributed by atoms with Crippen molar-refractivity contribution in [3.05, 3.63) is 23.5 Å². The average Bonchev–Trinajstić information content (AvgIpc) is 2.87. The first-order valence-corrected chi connectivity index (χ1v) is 7.73. The topological polar surface area (TPSA) is 54.3 Å². The Morgan fingerprint density at radius 1 is 1.36 bits per heavy atom. The van der Waals surface area contributed by atoms with Gasteiger partial charge < -0.3 is 14.8 Å². The molecule has 0 bridgehead atoms. The molecule has 0 aromatic carbocycles. The highest BCUT2D eigenvalue weighted by Crippen LogP contribution is 2.18. The zero-order valence-corrected chi connectivity index (χ0v) is 14.4. The Kier molecular flexibility index (Phi) is 7.10. The van der Waals surface area contributed by atoms with E-state index in [-0.39, 0.29) is 24.1 Å². The SMILES string of the molecule is CCCN(C(=O)c1cc(C(C)=O)cn1C)C1CCNCC1.Cl. The van der Waals surface area contributed by atoms with Gasteiger partial charge in [0, 0.05) is 31.4 Å². The third kappa shape index (κ3) is 4.11. The van der Waals surface area contributed by atoms with Crippen LogP contribution in [-0.4, -0.2) is 46.8 Å². The quantitative estimate of drug-likeness (QED) is 0.844. The zero-order chi connectivity index (χ0) is 15.4. The van der Waals surface area contributed by atoms with Crippen LogP contribution >= 0.6 is 12.4 Å². The van der Waals surface area contributed by atoms with Gasteiger partial charge in [-0.25, -0.2) is 0 Å². The fourth-order valence-corrected chi connectivity index (χ4v) is 2.93. The molecule has 1 N–H and O–H groups in total. The first-order chi connectivity index (χ1) is 10.0. The van der Waals surface area contributed by atoms with Crippen LogP contribution in [0.5, 0.6) is 0 Å². The molecule has 0 unspecified atom stereocenters. The minimum Gasteiger partial charge on any atom is -0.346 e. The second kappa shape index (κ2) is 8.34. The number of amides is 1. The Hall–Kier alpha value is -1.33. The molecule has 1 saturated heterocycles. The highest BCUT2D eigenvalue weighted by molar-refractivity contribution is 5.99. The van der Waals surface area contributed by atoms with E-state index in [4.69, 9.17) is 0 Å². The lowest BCUT2D eigenvalue weighted by Gasteiger charge is -2.34. The smallest absolute Gasteiger partial charge is 0.270 e. The molecule has 1 fully saturated rings. The van der Waals surface area contributed by atoms with Gasteiger partial charge in [0.15, 0.2) is 5.78 Å². The van der Waals surface area contributed by atoms with Crippen LogP contribution in [0.25, 0.3) is 0 Å². The van der Waals surface area contributed by atoms with Crippen molar-refractivity contribution in [2.24, 2.45) is 7.05 Å². The first kappa shape index (κ1) is 18.7. The van der Waals surface area contributed by atoms with Crippen molar-refractivity contribution in [2.45, 2.75) is 39.2 Å². The zero-order valence-electron chi connectivity index (χ0n) is 13.6. The molecule has 22 heavy (non-hydrogen) atoms. The molecule has 0 radical (unpaired) electrons. The van der Waals surface area contributed by atoms with Gasteiger partial charge in [0.05, 0.1) is 0 Å². The molecule has 0 aliphatic carbocycles. The maximum absolute atomic E-state index is 12.9. The standard InChI is InChI=1S/C16H25N3O2.ClH/c1-4-9-19(14-5-7-17-8-6-14)16(21)15-10-13(12(2)20)11-18(15)3;/h10-11,14,17H,4-9H2,1-3H3;1H. The number of rotatable bonds is 5. The molecule has 0 saturated carbocycles. The van der Waals surface area contributed by atoms with Gasteiger partial charge in [-0.15, -0.1) is 12.4 Å². The first-order valence-electron chi connectivity index (χ1n) is 7.73. The fourth-order valence-electron chi connectivity index (χ4n) is 2.93. The number of nitrogens with one attached hydrogen (secondary N) is 1. The van der Waals surface area contributed by atoms with E-state index < -0.39 is 0 Å². The number of hydrogen-bond acceptors (Lipinski definition) is 3. The van der Waals surface area contributed by atoms with Gasteiger partial charge >= 0.3 is 0 Å². The second-order valence-corrected chi connectivity index (χ2v) is 5.76. The summed E-state index contributed by atoms with van der Waals surface area (Å²) in [6, 6.07) is 2.02. The van der Waals surface area contributed by atoms with Crippen molar-refractivity contribution >= 4 is 24.1 Å². The molecule has 5 nitrogen and oxygen atoms in total. The Bertz CT molecular complexity index is 521. The predicted molar refractivity (Wildman–Crippen MR) is 89.9 cm³/mol. The molecule has 1 aliphatic heterocycles. The van der Waals surface area contributed by atoms with E-state index >= 15 is 0 Å². The summed E-state index contributed by atoms with van der Waals surface area (Å²) < 4.78 is 1.77. The number of halogens is 1. The van der Waals surface area contributed by atoms with Crippen molar-refractivity contribution < 1.29 is 9.59 Å². The van der Waals surface area contributed by atoms with Crippen LogP contribution in [0.2, 0.25) is 0 Å². The second-order valence-electron chi connectivity index (χ2n) is 5.76. The summed E-state index contributed by atoms with van der Waals surface area (Å²) in [6.07, 6.45) is 4.67. The number of aromatic nitrogens is 1. The third-order valence-electron chi connectivity index (χ3n) is 4.11. The minimum atomic E-state index is -0.00596. The van der Waals surface area contributed by atoms with Gasteiger partial charge in [-0.3, -0.25) is 9.59 Å². The summed E-state index contributed by atoms with van der Waals surface area (Å²) in [6.45, 7) is 6.31. The summed E-state index contributed by atoms with van der Waals surface area (Å²) in [7, 11) is 1.83. The van der Waals surface area contributed by atoms with Gasteiger partial charge in [-0.05, 0) is 45.3 Å². The Morgan fingerprint density at radius 2 is 2.00 bits per heavy atom. The van der Waals surface area contributed by atoms with E-state index in [2.05, 4.69) is 12.2 Å². The molecule has 2 heterocycles. The van der Waals surface area contributed by atoms with E-state index in [0.29, 0.717) is 17.3 Å². The van der Waals surface area contributed by atoms with E-state index in [1.54, 1.807) is 16.8 Å². The number of ketones is 1. The number of piperidine rings is 1. The van der Waals surface area contributed by atoms with E-state index in [1.165, 1.54) is 6.92 Å². The van der Waals surface area contributed by atoms with Crippen molar-refractivity contribution in [1.82, 2.24) is 14.8 Å². The number of carbonyl (C=O) groups is 2. The minimum absolute atomic E-state index is 0. The van der Waals surface area contributed by atoms with Gasteiger partial charge in [-0.1, -0.05) is 6.92 Å². The van der Waals surface area contributed by atoms with Crippen molar-refractivity contribution in [2.75, 3.05) is 19.6 Å². The van der Waals surface area contributed by atoms with Crippen LogP contribution < -0.4 is 5.32 Å². The highest BCUT2D eigenvalue weighted by Gasteiger charge is 2.27. The Morgan fingerprint density at radius 3 is 2.50 bits per heavy atom. The Labute approximate surface area is 138 Å². The van der Waals surface area contributed by atoms with Crippen molar-refractivity contribution in [3.8, 4) is 0 Å². The number of hydrogen-bond donors (Lipinski definition) is 1. The number of Topliss-reactive ketones (excluding diaryl/α,β-unsaturated/α-hetero) is 1. The molecule has 1 amide bonds. The fraction of sp³-hybridized carbons (Fsp3) is 0.625. The van der Waals surface area contributed by atoms with Gasteiger partial charge in [0.1, 0.15) is 5.69 Å². The number of carbonyl (C=O) groups excluding carboxylic acids is 2. The van der Waals surface area contributed by atoms with Gasteiger partial charge in [0.2, 0.25) is 0 Å².